The van der Waals surface area contributed by atoms with Crippen LogP contribution in [0.1, 0.15) is 19.4 Å². The predicted molar refractivity (Wildman–Crippen MR) is 69.0 cm³/mol. The Kier molecular flexibility index (Phi) is 3.32. The maximum absolute atomic E-state index is 12.5. The number of benzene rings is 1. The third-order valence-electron chi connectivity index (χ3n) is 3.13. The van der Waals surface area contributed by atoms with E-state index in [1.165, 1.54) is 16.7 Å². The van der Waals surface area contributed by atoms with Gasteiger partial charge in [-0.05, 0) is 19.4 Å². The number of hydrogen-bond donors (Lipinski definition) is 1. The molecular formula is C13H18NOP. The van der Waals surface area contributed by atoms with Crippen LogP contribution in [0.5, 0.6) is 0 Å². The molecule has 0 saturated heterocycles. The Bertz CT molecular complexity index is 432. The largest absolute Gasteiger partial charge is 0.306 e. The highest BCUT2D eigenvalue weighted by Gasteiger charge is 2.29. The molecule has 0 radical (unpaired) electrons. The Hall–Kier alpha value is -0.850. The van der Waals surface area contributed by atoms with Crippen LogP contribution in [0.4, 0.5) is 0 Å². The van der Waals surface area contributed by atoms with Gasteiger partial charge in [0.2, 0.25) is 0 Å². The molecule has 1 aromatic rings. The summed E-state index contributed by atoms with van der Waals surface area (Å²) in [5.74, 6) is 0. The topological polar surface area (TPSA) is 29.1 Å². The highest BCUT2D eigenvalue weighted by Crippen LogP contribution is 2.50. The maximum Gasteiger partial charge on any atom is 0.155 e. The summed E-state index contributed by atoms with van der Waals surface area (Å²) in [4.78, 5) is 0. The van der Waals surface area contributed by atoms with Crippen LogP contribution < -0.4 is 5.09 Å². The Morgan fingerprint density at radius 2 is 1.69 bits per heavy atom. The third kappa shape index (κ3) is 2.63. The molecule has 0 atom stereocenters. The van der Waals surface area contributed by atoms with E-state index in [0.29, 0.717) is 6.54 Å². The number of allylic oxidation sites excluding steroid dienone is 2. The van der Waals surface area contributed by atoms with Gasteiger partial charge in [-0.2, -0.15) is 0 Å². The lowest BCUT2D eigenvalue weighted by molar-refractivity contribution is 0.568. The summed E-state index contributed by atoms with van der Waals surface area (Å²) in [6, 6.07) is 10.1. The van der Waals surface area contributed by atoms with Gasteiger partial charge in [0.25, 0.3) is 0 Å². The van der Waals surface area contributed by atoms with Crippen LogP contribution in [-0.2, 0) is 11.1 Å². The van der Waals surface area contributed by atoms with Crippen molar-refractivity contribution in [1.82, 2.24) is 5.09 Å². The monoisotopic (exact) mass is 235 g/mol. The van der Waals surface area contributed by atoms with Crippen molar-refractivity contribution in [3.8, 4) is 0 Å². The summed E-state index contributed by atoms with van der Waals surface area (Å²) in [6.45, 7) is 4.87. The van der Waals surface area contributed by atoms with Gasteiger partial charge in [-0.15, -0.1) is 0 Å². The van der Waals surface area contributed by atoms with E-state index in [4.69, 9.17) is 0 Å². The quantitative estimate of drug-likeness (QED) is 0.642. The summed E-state index contributed by atoms with van der Waals surface area (Å²) < 4.78 is 12.5. The molecule has 3 heteroatoms. The van der Waals surface area contributed by atoms with E-state index in [-0.39, 0.29) is 0 Å². The lowest BCUT2D eigenvalue weighted by Crippen LogP contribution is -2.12. The first-order chi connectivity index (χ1) is 7.59. The summed E-state index contributed by atoms with van der Waals surface area (Å²) in [6.07, 6.45) is 1.48. The smallest absolute Gasteiger partial charge is 0.155 e. The predicted octanol–water partition coefficient (Wildman–Crippen LogP) is 3.40. The Morgan fingerprint density at radius 3 is 2.25 bits per heavy atom. The molecular weight excluding hydrogens is 217 g/mol. The molecule has 2 nitrogen and oxygen atoms in total. The first-order valence-corrected chi connectivity index (χ1v) is 7.69. The Labute approximate surface area is 97.2 Å². The van der Waals surface area contributed by atoms with Crippen LogP contribution in [0.3, 0.4) is 0 Å². The van der Waals surface area contributed by atoms with Gasteiger partial charge in [0.05, 0.1) is 0 Å². The van der Waals surface area contributed by atoms with Crippen molar-refractivity contribution in [2.24, 2.45) is 0 Å². The maximum atomic E-state index is 12.5. The summed E-state index contributed by atoms with van der Waals surface area (Å²) in [5.41, 5.74) is 3.78. The molecule has 16 heavy (non-hydrogen) atoms. The highest BCUT2D eigenvalue weighted by atomic mass is 31.2. The first-order valence-electron chi connectivity index (χ1n) is 5.61. The van der Waals surface area contributed by atoms with E-state index in [1.54, 1.807) is 0 Å². The van der Waals surface area contributed by atoms with E-state index < -0.39 is 7.29 Å². The van der Waals surface area contributed by atoms with Gasteiger partial charge >= 0.3 is 0 Å². The van der Waals surface area contributed by atoms with Crippen molar-refractivity contribution in [3.05, 3.63) is 47.0 Å². The van der Waals surface area contributed by atoms with Crippen LogP contribution in [0.25, 0.3) is 0 Å². The van der Waals surface area contributed by atoms with E-state index in [2.05, 4.69) is 31.1 Å². The summed E-state index contributed by atoms with van der Waals surface area (Å²) in [5, 5.41) is 3.25. The van der Waals surface area contributed by atoms with Crippen molar-refractivity contribution in [3.63, 3.8) is 0 Å². The second-order valence-electron chi connectivity index (χ2n) is 4.59. The van der Waals surface area contributed by atoms with Gasteiger partial charge in [0.1, 0.15) is 0 Å². The van der Waals surface area contributed by atoms with Crippen LogP contribution in [-0.4, -0.2) is 12.3 Å². The molecule has 0 aliphatic carbocycles. The zero-order chi connectivity index (χ0) is 11.6. The standard InChI is InChI=1S/C13H18NOP/c1-11-9-16(15,10-12(11)2)14-8-13-6-4-3-5-7-13/h3-7H,8-10H2,1-2H3,(H,14,15). The summed E-state index contributed by atoms with van der Waals surface area (Å²) in [7, 11) is -2.17. The molecule has 1 N–H and O–H groups in total. The fourth-order valence-corrected chi connectivity index (χ4v) is 4.91. The molecule has 1 heterocycles. The average Bonchev–Trinajstić information content (AvgIpc) is 2.53. The Morgan fingerprint density at radius 1 is 1.12 bits per heavy atom. The molecule has 86 valence electrons. The molecule has 0 bridgehead atoms. The molecule has 2 rings (SSSR count). The molecule has 1 aliphatic heterocycles. The minimum atomic E-state index is -2.17. The third-order valence-corrected chi connectivity index (χ3v) is 5.83. The molecule has 0 amide bonds. The van der Waals surface area contributed by atoms with E-state index in [1.807, 2.05) is 18.2 Å². The van der Waals surface area contributed by atoms with Crippen molar-refractivity contribution < 1.29 is 4.57 Å². The van der Waals surface area contributed by atoms with Crippen LogP contribution in [0, 0.1) is 0 Å². The minimum absolute atomic E-state index is 0.707. The van der Waals surface area contributed by atoms with E-state index in [0.717, 1.165) is 12.3 Å². The lowest BCUT2D eigenvalue weighted by Gasteiger charge is -2.14. The van der Waals surface area contributed by atoms with Gasteiger partial charge < -0.3 is 4.57 Å². The van der Waals surface area contributed by atoms with Gasteiger partial charge in [0.15, 0.2) is 7.29 Å². The number of hydrogen-bond acceptors (Lipinski definition) is 1. The zero-order valence-corrected chi connectivity index (χ0v) is 10.8. The van der Waals surface area contributed by atoms with Gasteiger partial charge in [-0.3, -0.25) is 5.09 Å². The molecule has 0 spiro atoms. The SMILES string of the molecule is CC1=C(C)CP(=O)(NCc2ccccc2)C1. The van der Waals surface area contributed by atoms with Crippen LogP contribution in [0.2, 0.25) is 0 Å². The normalized spacial score (nSPS) is 19.1. The second kappa shape index (κ2) is 4.57. The molecule has 0 fully saturated rings. The molecule has 1 aliphatic rings. The lowest BCUT2D eigenvalue weighted by atomic mass is 10.2. The van der Waals surface area contributed by atoms with Crippen LogP contribution in [0.15, 0.2) is 41.5 Å². The van der Waals surface area contributed by atoms with Gasteiger partial charge in [-0.25, -0.2) is 0 Å². The zero-order valence-electron chi connectivity index (χ0n) is 9.86. The van der Waals surface area contributed by atoms with Gasteiger partial charge in [-0.1, -0.05) is 41.5 Å². The van der Waals surface area contributed by atoms with E-state index >= 15 is 0 Å². The van der Waals surface area contributed by atoms with Gasteiger partial charge in [0, 0.05) is 18.9 Å². The van der Waals surface area contributed by atoms with Crippen molar-refractivity contribution in [2.75, 3.05) is 12.3 Å². The van der Waals surface area contributed by atoms with Crippen molar-refractivity contribution in [2.45, 2.75) is 20.4 Å². The molecule has 1 aromatic carbocycles. The fraction of sp³-hybridized carbons (Fsp3) is 0.385. The van der Waals surface area contributed by atoms with Crippen molar-refractivity contribution >= 4 is 7.29 Å². The second-order valence-corrected chi connectivity index (χ2v) is 7.31. The number of rotatable bonds is 3. The fourth-order valence-electron chi connectivity index (χ4n) is 2.04. The molecule has 0 aromatic heterocycles. The van der Waals surface area contributed by atoms with E-state index in [9.17, 15) is 4.57 Å². The number of nitrogens with one attached hydrogen (secondary N) is 1. The van der Waals surface area contributed by atoms with Crippen molar-refractivity contribution in [1.29, 1.82) is 0 Å². The highest BCUT2D eigenvalue weighted by molar-refractivity contribution is 7.62. The first kappa shape index (κ1) is 11.6. The average molecular weight is 235 g/mol. The molecule has 0 unspecified atom stereocenters. The van der Waals surface area contributed by atoms with Crippen LogP contribution >= 0.6 is 7.29 Å². The summed E-state index contributed by atoms with van der Waals surface area (Å²) >= 11 is 0. The molecule has 0 saturated carbocycles. The minimum Gasteiger partial charge on any atom is -0.306 e. The Balaban J connectivity index is 1.96.